The second kappa shape index (κ2) is 14.8. The molecule has 53 heavy (non-hydrogen) atoms. The highest BCUT2D eigenvalue weighted by Gasteiger charge is 2.38. The highest BCUT2D eigenvalue weighted by atomic mass is 32.2. The van der Waals surface area contributed by atoms with Gasteiger partial charge in [-0.25, -0.2) is 22.0 Å². The third-order valence-corrected chi connectivity index (χ3v) is 10.4. The van der Waals surface area contributed by atoms with Crippen molar-refractivity contribution < 1.29 is 41.0 Å². The first-order valence-corrected chi connectivity index (χ1v) is 17.7. The zero-order valence-corrected chi connectivity index (χ0v) is 29.3. The van der Waals surface area contributed by atoms with Crippen LogP contribution in [0.2, 0.25) is 0 Å². The molecule has 17 heteroatoms. The number of aliphatic carboxylic acids is 1. The van der Waals surface area contributed by atoms with Crippen molar-refractivity contribution in [3.63, 3.8) is 0 Å². The predicted octanol–water partition coefficient (Wildman–Crippen LogP) is 4.95. The first-order chi connectivity index (χ1) is 25.2. The number of carbonyl (C=O) groups is 1. The van der Waals surface area contributed by atoms with E-state index in [0.29, 0.717) is 65.3 Å². The minimum atomic E-state index is -5.08. The summed E-state index contributed by atoms with van der Waals surface area (Å²) in [6.07, 6.45) is -2.01. The van der Waals surface area contributed by atoms with Gasteiger partial charge in [0.2, 0.25) is 0 Å². The summed E-state index contributed by atoms with van der Waals surface area (Å²) >= 11 is 0. The van der Waals surface area contributed by atoms with E-state index in [-0.39, 0.29) is 16.1 Å². The molecule has 3 aromatic heterocycles. The van der Waals surface area contributed by atoms with Crippen molar-refractivity contribution in [3.05, 3.63) is 112 Å². The SMILES string of the molecule is Cc1ccc(S(=O)(=O)n2ccc3c(-c4ccc5c([nH]c(=O)n5CCN5CCOCC5)c4Oc4ccccc4)cn(C)c(=O)c32)cc1.O=C(O)C(F)(F)F. The second-order valence-corrected chi connectivity index (χ2v) is 14.1. The number of ether oxygens (including phenoxy) is 2. The minimum absolute atomic E-state index is 0.0166. The monoisotopic (exact) mass is 753 g/mol. The van der Waals surface area contributed by atoms with E-state index in [2.05, 4.69) is 9.88 Å². The highest BCUT2D eigenvalue weighted by Crippen LogP contribution is 2.41. The first kappa shape index (κ1) is 37.1. The van der Waals surface area contributed by atoms with Crippen LogP contribution >= 0.6 is 0 Å². The molecule has 6 aromatic rings. The smallest absolute Gasteiger partial charge is 0.475 e. The fraction of sp³-hybridized carbons (Fsp3) is 0.250. The number of aromatic nitrogens is 4. The van der Waals surface area contributed by atoms with Gasteiger partial charge in [0, 0.05) is 62.1 Å². The molecule has 1 aliphatic rings. The van der Waals surface area contributed by atoms with Crippen LogP contribution in [0.25, 0.3) is 33.1 Å². The third kappa shape index (κ3) is 7.62. The molecule has 0 saturated carbocycles. The molecule has 0 amide bonds. The van der Waals surface area contributed by atoms with Crippen molar-refractivity contribution in [3.8, 4) is 22.6 Å². The van der Waals surface area contributed by atoms with Gasteiger partial charge < -0.3 is 24.1 Å². The number of morpholine rings is 1. The Balaban J connectivity index is 0.000000626. The molecule has 0 unspecified atom stereocenters. The van der Waals surface area contributed by atoms with Gasteiger partial charge in [-0.1, -0.05) is 35.9 Å². The van der Waals surface area contributed by atoms with Crippen LogP contribution < -0.4 is 16.0 Å². The molecule has 3 aromatic carbocycles. The van der Waals surface area contributed by atoms with Crippen molar-refractivity contribution in [1.29, 1.82) is 0 Å². The molecule has 2 N–H and O–H groups in total. The molecule has 278 valence electrons. The molecule has 1 aliphatic heterocycles. The number of rotatable bonds is 8. The summed E-state index contributed by atoms with van der Waals surface area (Å²) in [6.45, 7) is 6.01. The van der Waals surface area contributed by atoms with Gasteiger partial charge in [0.05, 0.1) is 23.6 Å². The zero-order chi connectivity index (χ0) is 38.1. The Hall–Kier alpha value is -5.65. The number of alkyl halides is 3. The van der Waals surface area contributed by atoms with E-state index in [0.717, 1.165) is 22.6 Å². The van der Waals surface area contributed by atoms with Crippen molar-refractivity contribution in [2.24, 2.45) is 7.05 Å². The van der Waals surface area contributed by atoms with Gasteiger partial charge in [0.15, 0.2) is 5.75 Å². The summed E-state index contributed by atoms with van der Waals surface area (Å²) in [7, 11) is -2.49. The molecule has 1 saturated heterocycles. The molecule has 0 aliphatic carbocycles. The van der Waals surface area contributed by atoms with Gasteiger partial charge in [-0.2, -0.15) is 13.2 Å². The van der Waals surface area contributed by atoms with E-state index >= 15 is 0 Å². The number of hydrogen-bond donors (Lipinski definition) is 2. The van der Waals surface area contributed by atoms with E-state index in [1.54, 1.807) is 36.0 Å². The van der Waals surface area contributed by atoms with Crippen LogP contribution in [0.3, 0.4) is 0 Å². The average Bonchev–Trinajstić information content (AvgIpc) is 3.72. The van der Waals surface area contributed by atoms with Crippen molar-refractivity contribution >= 4 is 37.9 Å². The maximum atomic E-state index is 13.8. The Morgan fingerprint density at radius 2 is 1.60 bits per heavy atom. The van der Waals surface area contributed by atoms with E-state index in [1.165, 1.54) is 22.9 Å². The summed E-state index contributed by atoms with van der Waals surface area (Å²) in [5, 5.41) is 7.56. The molecule has 0 atom stereocenters. The minimum Gasteiger partial charge on any atom is -0.475 e. The van der Waals surface area contributed by atoms with Gasteiger partial charge in [0.1, 0.15) is 16.8 Å². The molecule has 0 bridgehead atoms. The van der Waals surface area contributed by atoms with Gasteiger partial charge in [0.25, 0.3) is 15.6 Å². The normalized spacial score (nSPS) is 13.9. The number of carboxylic acid groups (broad SMARTS) is 1. The molecule has 13 nitrogen and oxygen atoms in total. The lowest BCUT2D eigenvalue weighted by Gasteiger charge is -2.26. The number of benzene rings is 3. The number of nitrogens with one attached hydrogen (secondary N) is 1. The van der Waals surface area contributed by atoms with Crippen LogP contribution in [0, 0.1) is 6.92 Å². The fourth-order valence-corrected chi connectivity index (χ4v) is 7.33. The molecule has 0 radical (unpaired) electrons. The molecular weight excluding hydrogens is 719 g/mol. The number of hydrogen-bond acceptors (Lipinski definition) is 8. The lowest BCUT2D eigenvalue weighted by atomic mass is 10.0. The lowest BCUT2D eigenvalue weighted by molar-refractivity contribution is -0.192. The lowest BCUT2D eigenvalue weighted by Crippen LogP contribution is -2.39. The molecule has 1 fully saturated rings. The first-order valence-electron chi connectivity index (χ1n) is 16.3. The summed E-state index contributed by atoms with van der Waals surface area (Å²) in [5.74, 6) is -1.81. The number of H-pyrrole nitrogens is 1. The number of para-hydroxylation sites is 1. The van der Waals surface area contributed by atoms with Crippen LogP contribution in [0.15, 0.2) is 99.7 Å². The van der Waals surface area contributed by atoms with Crippen LogP contribution in [-0.2, 0) is 33.1 Å². The van der Waals surface area contributed by atoms with Gasteiger partial charge >= 0.3 is 17.8 Å². The number of fused-ring (bicyclic) bond motifs is 2. The highest BCUT2D eigenvalue weighted by molar-refractivity contribution is 7.90. The number of aromatic amines is 1. The van der Waals surface area contributed by atoms with Gasteiger partial charge in [-0.15, -0.1) is 0 Å². The number of halogens is 3. The average molecular weight is 754 g/mol. The number of carboxylic acids is 1. The van der Waals surface area contributed by atoms with Crippen LogP contribution in [0.5, 0.6) is 11.5 Å². The van der Waals surface area contributed by atoms with Gasteiger partial charge in [-0.05, 0) is 49.4 Å². The molecule has 0 spiro atoms. The Labute approximate surface area is 300 Å². The maximum Gasteiger partial charge on any atom is 0.490 e. The summed E-state index contributed by atoms with van der Waals surface area (Å²) in [5.41, 5.74) is 2.55. The summed E-state index contributed by atoms with van der Waals surface area (Å²) in [6, 6.07) is 21.1. The Bertz CT molecular complexity index is 2520. The van der Waals surface area contributed by atoms with Crippen molar-refractivity contribution in [2.45, 2.75) is 24.5 Å². The fourth-order valence-electron chi connectivity index (χ4n) is 5.98. The standard InChI is InChI=1S/C34H33N5O6S.C2HF3O2/c1-23-8-10-25(11-9-23)46(42,43)39-15-14-26-28(22-36(2)33(40)31(26)39)27-12-13-29-30(32(27)45-24-6-4-3-5-7-24)35-34(41)38(29)17-16-37-18-20-44-21-19-37;3-2(4,5)1(6)7/h3-15,22H,16-21H2,1-2H3,(H,35,41);(H,6,7). The quantitative estimate of drug-likeness (QED) is 0.220. The zero-order valence-electron chi connectivity index (χ0n) is 28.5. The van der Waals surface area contributed by atoms with E-state index in [9.17, 15) is 31.2 Å². The maximum absolute atomic E-state index is 13.8. The van der Waals surface area contributed by atoms with Crippen LogP contribution in [-0.4, -0.2) is 81.5 Å². The van der Waals surface area contributed by atoms with Crippen molar-refractivity contribution in [1.82, 2.24) is 23.0 Å². The number of nitrogens with zero attached hydrogens (tertiary/aromatic N) is 4. The third-order valence-electron chi connectivity index (χ3n) is 8.71. The largest absolute Gasteiger partial charge is 0.490 e. The number of pyridine rings is 1. The molecule has 7 rings (SSSR count). The van der Waals surface area contributed by atoms with E-state index in [4.69, 9.17) is 19.4 Å². The van der Waals surface area contributed by atoms with Crippen LogP contribution in [0.1, 0.15) is 5.56 Å². The summed E-state index contributed by atoms with van der Waals surface area (Å²) < 4.78 is 75.3. The Morgan fingerprint density at radius 1 is 0.943 bits per heavy atom. The molecule has 4 heterocycles. The topological polar surface area (TPSA) is 158 Å². The second-order valence-electron chi connectivity index (χ2n) is 12.2. The van der Waals surface area contributed by atoms with E-state index < -0.39 is 27.7 Å². The summed E-state index contributed by atoms with van der Waals surface area (Å²) in [4.78, 5) is 41.1. The van der Waals surface area contributed by atoms with Gasteiger partial charge in [-0.3, -0.25) is 14.3 Å². The predicted molar refractivity (Wildman–Crippen MR) is 190 cm³/mol. The van der Waals surface area contributed by atoms with E-state index in [1.807, 2.05) is 49.4 Å². The Morgan fingerprint density at radius 3 is 2.25 bits per heavy atom. The number of imidazole rings is 1. The number of aryl methyl sites for hydroxylation is 2. The Kier molecular flexibility index (Phi) is 10.3. The van der Waals surface area contributed by atoms with Crippen LogP contribution in [0.4, 0.5) is 13.2 Å². The van der Waals surface area contributed by atoms with Crippen molar-refractivity contribution in [2.75, 3.05) is 32.8 Å². The molecular formula is C36H34F3N5O8S.